The molecule has 0 bridgehead atoms. The van der Waals surface area contributed by atoms with Gasteiger partial charge in [0.1, 0.15) is 5.75 Å². The monoisotopic (exact) mass is 263 g/mol. The van der Waals surface area contributed by atoms with Crippen molar-refractivity contribution in [1.29, 1.82) is 0 Å². The quantitative estimate of drug-likeness (QED) is 0.827. The van der Waals surface area contributed by atoms with Crippen molar-refractivity contribution in [2.45, 2.75) is 31.4 Å². The van der Waals surface area contributed by atoms with Crippen LogP contribution in [0.25, 0.3) is 0 Å². The molecule has 2 nitrogen and oxygen atoms in total. The zero-order valence-corrected chi connectivity index (χ0v) is 9.45. The van der Waals surface area contributed by atoms with Gasteiger partial charge in [0.15, 0.2) is 0 Å². The molecule has 0 spiro atoms. The summed E-state index contributed by atoms with van der Waals surface area (Å²) in [4.78, 5) is 0. The van der Waals surface area contributed by atoms with Gasteiger partial charge < -0.3 is 10.5 Å². The van der Waals surface area contributed by atoms with E-state index in [-0.39, 0.29) is 11.8 Å². The second-order valence-corrected chi connectivity index (χ2v) is 4.40. The Labute approximate surface area is 102 Å². The number of rotatable bonds is 5. The molecule has 0 aliphatic heterocycles. The van der Waals surface area contributed by atoms with Crippen molar-refractivity contribution in [2.75, 3.05) is 0 Å². The normalized spacial score (nSPS) is 17.9. The summed E-state index contributed by atoms with van der Waals surface area (Å²) in [5, 5.41) is 0. The second kappa shape index (κ2) is 4.76. The Morgan fingerprint density at radius 1 is 1.17 bits per heavy atom. The van der Waals surface area contributed by atoms with Gasteiger partial charge in [-0.15, -0.1) is 0 Å². The van der Waals surface area contributed by atoms with Crippen LogP contribution in [0.15, 0.2) is 24.3 Å². The van der Waals surface area contributed by atoms with Crippen molar-refractivity contribution in [3.05, 3.63) is 29.8 Å². The van der Waals surface area contributed by atoms with Gasteiger partial charge in [0.05, 0.1) is 0 Å². The summed E-state index contributed by atoms with van der Waals surface area (Å²) in [6.07, 6.45) is -6.21. The minimum absolute atomic E-state index is 0.130. The molecule has 0 heterocycles. The van der Waals surface area contributed by atoms with Crippen LogP contribution in [0.2, 0.25) is 0 Å². The van der Waals surface area contributed by atoms with Crippen molar-refractivity contribution in [3.8, 4) is 5.75 Å². The summed E-state index contributed by atoms with van der Waals surface area (Å²) in [5.41, 5.74) is 6.71. The largest absolute Gasteiger partial charge is 0.461 e. The van der Waals surface area contributed by atoms with Crippen LogP contribution >= 0.6 is 0 Å². The second-order valence-electron chi connectivity index (χ2n) is 4.40. The van der Waals surface area contributed by atoms with E-state index in [2.05, 4.69) is 4.74 Å². The number of benzene rings is 1. The maximum Gasteiger partial charge on any atom is 0.461 e. The number of halogens is 4. The molecule has 1 atom stereocenters. The van der Waals surface area contributed by atoms with Crippen molar-refractivity contribution >= 4 is 0 Å². The fourth-order valence-corrected chi connectivity index (χ4v) is 1.69. The first-order valence-corrected chi connectivity index (χ1v) is 5.60. The molecule has 1 saturated carbocycles. The lowest BCUT2D eigenvalue weighted by atomic mass is 10.0. The van der Waals surface area contributed by atoms with E-state index in [0.29, 0.717) is 5.92 Å². The maximum atomic E-state index is 12.6. The molecule has 1 aliphatic carbocycles. The molecule has 0 amide bonds. The topological polar surface area (TPSA) is 35.2 Å². The van der Waals surface area contributed by atoms with Gasteiger partial charge in [0.25, 0.3) is 0 Å². The van der Waals surface area contributed by atoms with Gasteiger partial charge >= 0.3 is 12.5 Å². The van der Waals surface area contributed by atoms with Gasteiger partial charge in [0.2, 0.25) is 0 Å². The predicted octanol–water partition coefficient (Wildman–Crippen LogP) is 3.33. The Morgan fingerprint density at radius 2 is 1.72 bits per heavy atom. The van der Waals surface area contributed by atoms with Gasteiger partial charge in [-0.05, 0) is 36.5 Å². The van der Waals surface area contributed by atoms with Gasteiger partial charge in [-0.1, -0.05) is 12.1 Å². The average Bonchev–Trinajstić information content (AvgIpc) is 3.12. The summed E-state index contributed by atoms with van der Waals surface area (Å²) in [6.45, 7) is 0. The third kappa shape index (κ3) is 2.93. The molecule has 6 heteroatoms. The first kappa shape index (κ1) is 13.1. The Kier molecular flexibility index (Phi) is 3.47. The molecule has 0 radical (unpaired) electrons. The fourth-order valence-electron chi connectivity index (χ4n) is 1.69. The van der Waals surface area contributed by atoms with Gasteiger partial charge in [-0.25, -0.2) is 0 Å². The van der Waals surface area contributed by atoms with E-state index in [0.717, 1.165) is 18.4 Å². The molecule has 18 heavy (non-hydrogen) atoms. The van der Waals surface area contributed by atoms with Crippen LogP contribution in [-0.2, 0) is 0 Å². The molecule has 0 saturated heterocycles. The van der Waals surface area contributed by atoms with Crippen molar-refractivity contribution in [1.82, 2.24) is 0 Å². The number of nitrogens with two attached hydrogens (primary N) is 1. The van der Waals surface area contributed by atoms with E-state index in [1.54, 1.807) is 0 Å². The van der Waals surface area contributed by atoms with E-state index in [1.807, 2.05) is 0 Å². The van der Waals surface area contributed by atoms with E-state index < -0.39 is 12.5 Å². The van der Waals surface area contributed by atoms with Crippen LogP contribution in [0.1, 0.15) is 24.4 Å². The van der Waals surface area contributed by atoms with E-state index >= 15 is 0 Å². The zero-order valence-electron chi connectivity index (χ0n) is 9.45. The number of hydrogen-bond donors (Lipinski definition) is 1. The maximum absolute atomic E-state index is 12.6. The average molecular weight is 263 g/mol. The summed E-state index contributed by atoms with van der Waals surface area (Å²) < 4.78 is 53.1. The third-order valence-electron chi connectivity index (χ3n) is 2.90. The molecule has 1 aliphatic rings. The van der Waals surface area contributed by atoms with Crippen LogP contribution < -0.4 is 10.5 Å². The molecule has 100 valence electrons. The molecule has 1 aromatic carbocycles. The third-order valence-corrected chi connectivity index (χ3v) is 2.90. The highest BCUT2D eigenvalue weighted by molar-refractivity contribution is 5.30. The minimum Gasteiger partial charge on any atom is -0.428 e. The van der Waals surface area contributed by atoms with Crippen LogP contribution in [0, 0.1) is 5.92 Å². The molecule has 2 rings (SSSR count). The van der Waals surface area contributed by atoms with E-state index in [1.165, 1.54) is 24.3 Å². The lowest BCUT2D eigenvalue weighted by Gasteiger charge is -2.17. The minimum atomic E-state index is -4.47. The Balaban J connectivity index is 2.03. The van der Waals surface area contributed by atoms with Crippen molar-refractivity contribution < 1.29 is 22.3 Å². The highest BCUT2D eigenvalue weighted by Crippen LogP contribution is 2.39. The predicted molar refractivity (Wildman–Crippen MR) is 57.7 cm³/mol. The first-order chi connectivity index (χ1) is 8.40. The lowest BCUT2D eigenvalue weighted by molar-refractivity contribution is -0.253. The van der Waals surface area contributed by atoms with Gasteiger partial charge in [-0.2, -0.15) is 17.6 Å². The Morgan fingerprint density at radius 3 is 2.17 bits per heavy atom. The van der Waals surface area contributed by atoms with E-state index in [9.17, 15) is 17.6 Å². The molecule has 0 aromatic heterocycles. The summed E-state index contributed by atoms with van der Waals surface area (Å²) in [5.74, 6) is 0.131. The van der Waals surface area contributed by atoms with Crippen LogP contribution in [0.4, 0.5) is 17.6 Å². The summed E-state index contributed by atoms with van der Waals surface area (Å²) in [6, 6.07) is 5.39. The van der Waals surface area contributed by atoms with Crippen molar-refractivity contribution in [2.24, 2.45) is 11.7 Å². The molecule has 1 aromatic rings. The fraction of sp³-hybridized carbons (Fsp3) is 0.500. The van der Waals surface area contributed by atoms with E-state index in [4.69, 9.17) is 5.73 Å². The zero-order chi connectivity index (χ0) is 13.3. The van der Waals surface area contributed by atoms with Crippen LogP contribution in [0.5, 0.6) is 5.75 Å². The Hall–Kier alpha value is -1.30. The van der Waals surface area contributed by atoms with Crippen molar-refractivity contribution in [3.63, 3.8) is 0 Å². The highest BCUT2D eigenvalue weighted by atomic mass is 19.3. The molecule has 0 unspecified atom stereocenters. The summed E-state index contributed by atoms with van der Waals surface area (Å²) in [7, 11) is 0. The molecule has 2 N–H and O–H groups in total. The molecular formula is C12H13F4NO. The molecular weight excluding hydrogens is 250 g/mol. The number of ether oxygens (including phenoxy) is 1. The van der Waals surface area contributed by atoms with Gasteiger partial charge in [0, 0.05) is 6.04 Å². The highest BCUT2D eigenvalue weighted by Gasteiger charge is 2.44. The smallest absolute Gasteiger partial charge is 0.428 e. The number of alkyl halides is 4. The molecule has 1 fully saturated rings. The standard InChI is InChI=1S/C12H13F4NO/c13-11(14)12(15,16)18-9-5-3-8(4-6-9)10(17)7-1-2-7/h3-7,10-11H,1-2,17H2/t10-/m1/s1. The number of hydrogen-bond acceptors (Lipinski definition) is 2. The van der Waals surface area contributed by atoms with Crippen LogP contribution in [0.3, 0.4) is 0 Å². The summed E-state index contributed by atoms with van der Waals surface area (Å²) >= 11 is 0. The lowest BCUT2D eigenvalue weighted by Crippen LogP contribution is -2.33. The van der Waals surface area contributed by atoms with Gasteiger partial charge in [-0.3, -0.25) is 0 Å². The Bertz CT molecular complexity index is 403. The SMILES string of the molecule is N[C@@H](c1ccc(OC(F)(F)C(F)F)cc1)C1CC1. The van der Waals surface area contributed by atoms with Crippen LogP contribution in [-0.4, -0.2) is 12.5 Å². The first-order valence-electron chi connectivity index (χ1n) is 5.60.